The fraction of sp³-hybridized carbons (Fsp3) is 0.350. The average molecular weight is 390 g/mol. The van der Waals surface area contributed by atoms with Gasteiger partial charge in [-0.15, -0.1) is 0 Å². The zero-order chi connectivity index (χ0) is 21.3. The molecule has 2 aromatic rings. The molecule has 0 fully saturated rings. The molecule has 0 amide bonds. The van der Waals surface area contributed by atoms with Crippen LogP contribution in [0.2, 0.25) is 0 Å². The van der Waals surface area contributed by atoms with Crippen molar-refractivity contribution in [1.82, 2.24) is 0 Å². The first kappa shape index (κ1) is 21.0. The highest BCUT2D eigenvalue weighted by Gasteiger charge is 2.27. The predicted octanol–water partition coefficient (Wildman–Crippen LogP) is 3.17. The van der Waals surface area contributed by atoms with Gasteiger partial charge in [-0.3, -0.25) is 9.59 Å². The molecule has 1 heterocycles. The molecule has 8 nitrogen and oxygen atoms in total. The lowest BCUT2D eigenvalue weighted by molar-refractivity contribution is -0.140. The monoisotopic (exact) mass is 390 g/mol. The van der Waals surface area contributed by atoms with Crippen LogP contribution in [0.5, 0.6) is 11.5 Å². The van der Waals surface area contributed by atoms with Gasteiger partial charge in [0, 0.05) is 11.1 Å². The van der Waals surface area contributed by atoms with Gasteiger partial charge in [0.05, 0.1) is 18.4 Å². The van der Waals surface area contributed by atoms with E-state index in [4.69, 9.17) is 9.15 Å². The van der Waals surface area contributed by atoms with Crippen molar-refractivity contribution in [2.24, 2.45) is 0 Å². The number of phenols is 2. The van der Waals surface area contributed by atoms with Crippen molar-refractivity contribution in [3.05, 3.63) is 33.8 Å². The van der Waals surface area contributed by atoms with Gasteiger partial charge in [0.25, 0.3) is 0 Å². The number of carbonyl (C=O) groups excluding carboxylic acids is 3. The van der Waals surface area contributed by atoms with Gasteiger partial charge < -0.3 is 24.5 Å². The molecule has 2 rings (SSSR count). The lowest BCUT2D eigenvalue weighted by Gasteiger charge is -2.08. The molecule has 0 saturated carbocycles. The SMILES string of the molecule is CCOC(=O)/C(C(C)=O)=C(\O)Cc1oc2c(C(C)=O)c(O)c(C)c(O)c2c1C. The van der Waals surface area contributed by atoms with E-state index < -0.39 is 34.6 Å². The van der Waals surface area contributed by atoms with E-state index in [1.807, 2.05) is 0 Å². The first-order valence-electron chi connectivity index (χ1n) is 8.60. The molecule has 0 spiro atoms. The number of hydrogen-bond donors (Lipinski definition) is 3. The van der Waals surface area contributed by atoms with E-state index in [1.165, 1.54) is 13.8 Å². The Hall–Kier alpha value is -3.29. The van der Waals surface area contributed by atoms with Gasteiger partial charge in [0.15, 0.2) is 17.1 Å². The largest absolute Gasteiger partial charge is 0.511 e. The van der Waals surface area contributed by atoms with Crippen LogP contribution in [0.15, 0.2) is 15.7 Å². The van der Waals surface area contributed by atoms with Crippen molar-refractivity contribution in [2.45, 2.75) is 41.0 Å². The summed E-state index contributed by atoms with van der Waals surface area (Å²) in [6.07, 6.45) is -0.342. The summed E-state index contributed by atoms with van der Waals surface area (Å²) < 4.78 is 10.4. The van der Waals surface area contributed by atoms with Crippen LogP contribution in [-0.4, -0.2) is 39.5 Å². The first-order chi connectivity index (χ1) is 13.0. The highest BCUT2D eigenvalue weighted by atomic mass is 16.5. The number of rotatable bonds is 6. The minimum atomic E-state index is -0.956. The first-order valence-corrected chi connectivity index (χ1v) is 8.60. The standard InChI is InChI=1S/C20H22O8/c1-6-27-20(26)15(10(4)21)12(23)7-13-8(2)14-17(24)9(3)18(25)16(11(5)22)19(14)28-13/h23-25H,6-7H2,1-5H3/b15-12-. The number of furan rings is 1. The molecular weight excluding hydrogens is 368 g/mol. The highest BCUT2D eigenvalue weighted by Crippen LogP contribution is 2.43. The van der Waals surface area contributed by atoms with Gasteiger partial charge in [0.2, 0.25) is 0 Å². The van der Waals surface area contributed by atoms with E-state index >= 15 is 0 Å². The number of aliphatic hydroxyl groups is 1. The number of ether oxygens (including phenoxy) is 1. The average Bonchev–Trinajstić information content (AvgIpc) is 2.88. The van der Waals surface area contributed by atoms with Crippen molar-refractivity contribution in [3.63, 3.8) is 0 Å². The molecule has 150 valence electrons. The number of Topliss-reactive ketones (excluding diaryl/α,β-unsaturated/α-hetero) is 2. The maximum Gasteiger partial charge on any atom is 0.345 e. The number of aryl methyl sites for hydroxylation is 1. The number of ketones is 2. The van der Waals surface area contributed by atoms with E-state index in [0.29, 0.717) is 5.56 Å². The van der Waals surface area contributed by atoms with E-state index in [0.717, 1.165) is 6.92 Å². The predicted molar refractivity (Wildman–Crippen MR) is 99.7 cm³/mol. The third-order valence-corrected chi connectivity index (χ3v) is 4.46. The maximum absolute atomic E-state index is 12.0. The smallest absolute Gasteiger partial charge is 0.345 e. The summed E-state index contributed by atoms with van der Waals surface area (Å²) in [5.41, 5.74) is -0.119. The highest BCUT2D eigenvalue weighted by molar-refractivity contribution is 6.16. The number of esters is 1. The van der Waals surface area contributed by atoms with Gasteiger partial charge in [-0.05, 0) is 34.6 Å². The molecule has 0 aliphatic heterocycles. The summed E-state index contributed by atoms with van der Waals surface area (Å²) in [7, 11) is 0. The summed E-state index contributed by atoms with van der Waals surface area (Å²) >= 11 is 0. The number of allylic oxidation sites excluding steroid dienone is 1. The fourth-order valence-electron chi connectivity index (χ4n) is 3.02. The quantitative estimate of drug-likeness (QED) is 0.171. The van der Waals surface area contributed by atoms with Gasteiger partial charge in [0.1, 0.15) is 34.2 Å². The molecule has 8 heteroatoms. The Kier molecular flexibility index (Phi) is 5.82. The van der Waals surface area contributed by atoms with Gasteiger partial charge >= 0.3 is 5.97 Å². The molecular formula is C20H22O8. The molecule has 0 radical (unpaired) electrons. The van der Waals surface area contributed by atoms with Crippen LogP contribution in [0.1, 0.15) is 48.0 Å². The van der Waals surface area contributed by atoms with Crippen molar-refractivity contribution in [2.75, 3.05) is 6.61 Å². The molecule has 0 atom stereocenters. The number of aliphatic hydroxyl groups excluding tert-OH is 1. The maximum atomic E-state index is 12.0. The van der Waals surface area contributed by atoms with E-state index in [1.54, 1.807) is 13.8 Å². The van der Waals surface area contributed by atoms with Crippen LogP contribution >= 0.6 is 0 Å². The zero-order valence-corrected chi connectivity index (χ0v) is 16.3. The summed E-state index contributed by atoms with van der Waals surface area (Å²) in [5, 5.41) is 31.2. The van der Waals surface area contributed by atoms with E-state index in [9.17, 15) is 29.7 Å². The van der Waals surface area contributed by atoms with Crippen LogP contribution in [-0.2, 0) is 20.7 Å². The fourth-order valence-corrected chi connectivity index (χ4v) is 3.02. The van der Waals surface area contributed by atoms with Crippen LogP contribution in [0.4, 0.5) is 0 Å². The summed E-state index contributed by atoms with van der Waals surface area (Å²) in [5.74, 6) is -3.19. The summed E-state index contributed by atoms with van der Waals surface area (Å²) in [6.45, 7) is 7.00. The van der Waals surface area contributed by atoms with Gasteiger partial charge in [-0.1, -0.05) is 0 Å². The molecule has 1 aromatic heterocycles. The number of benzene rings is 1. The molecule has 0 aliphatic rings. The Morgan fingerprint density at radius 2 is 1.64 bits per heavy atom. The lowest BCUT2D eigenvalue weighted by Crippen LogP contribution is -2.17. The number of hydrogen-bond acceptors (Lipinski definition) is 8. The molecule has 3 N–H and O–H groups in total. The van der Waals surface area contributed by atoms with Crippen molar-refractivity contribution in [1.29, 1.82) is 0 Å². The van der Waals surface area contributed by atoms with Gasteiger partial charge in [-0.2, -0.15) is 0 Å². The normalized spacial score (nSPS) is 12.0. The molecule has 28 heavy (non-hydrogen) atoms. The van der Waals surface area contributed by atoms with E-state index in [2.05, 4.69) is 0 Å². The van der Waals surface area contributed by atoms with Crippen molar-refractivity contribution >= 4 is 28.5 Å². The third kappa shape index (κ3) is 3.45. The zero-order valence-electron chi connectivity index (χ0n) is 16.3. The summed E-state index contributed by atoms with van der Waals surface area (Å²) in [6, 6.07) is 0. The summed E-state index contributed by atoms with van der Waals surface area (Å²) in [4.78, 5) is 35.7. The molecule has 1 aromatic carbocycles. The lowest BCUT2D eigenvalue weighted by atomic mass is 9.99. The molecule has 0 saturated heterocycles. The van der Waals surface area contributed by atoms with Crippen LogP contribution in [0.25, 0.3) is 11.0 Å². The minimum Gasteiger partial charge on any atom is -0.511 e. The van der Waals surface area contributed by atoms with Crippen LogP contribution < -0.4 is 0 Å². The van der Waals surface area contributed by atoms with Gasteiger partial charge in [-0.25, -0.2) is 4.79 Å². The number of carbonyl (C=O) groups is 3. The number of aromatic hydroxyl groups is 2. The topological polar surface area (TPSA) is 134 Å². The minimum absolute atomic E-state index is 0.0287. The number of phenolic OH excluding ortho intramolecular Hbond substituents is 2. The second kappa shape index (κ2) is 7.75. The second-order valence-electron chi connectivity index (χ2n) is 6.38. The number of fused-ring (bicyclic) bond motifs is 1. The van der Waals surface area contributed by atoms with Crippen LogP contribution in [0.3, 0.4) is 0 Å². The molecule has 0 unspecified atom stereocenters. The Labute approximate surface area is 161 Å². The Balaban J connectivity index is 2.71. The van der Waals surface area contributed by atoms with Crippen molar-refractivity contribution < 1.29 is 38.9 Å². The molecule has 0 aliphatic carbocycles. The Morgan fingerprint density at radius 3 is 2.14 bits per heavy atom. The Bertz CT molecular complexity index is 1020. The van der Waals surface area contributed by atoms with E-state index in [-0.39, 0.29) is 46.6 Å². The third-order valence-electron chi connectivity index (χ3n) is 4.46. The second-order valence-corrected chi connectivity index (χ2v) is 6.38. The molecule has 0 bridgehead atoms. The Morgan fingerprint density at radius 1 is 1.04 bits per heavy atom. The van der Waals surface area contributed by atoms with Crippen molar-refractivity contribution in [3.8, 4) is 11.5 Å². The van der Waals surface area contributed by atoms with Crippen LogP contribution in [0, 0.1) is 13.8 Å².